The Balaban J connectivity index is 1.39. The quantitative estimate of drug-likeness (QED) is 0.550. The molecule has 5 rings (SSSR count). The van der Waals surface area contributed by atoms with Crippen LogP contribution in [0.25, 0.3) is 11.0 Å². The van der Waals surface area contributed by atoms with Crippen LogP contribution in [0.15, 0.2) is 36.7 Å². The average Bonchev–Trinajstić information content (AvgIpc) is 3.60. The van der Waals surface area contributed by atoms with Gasteiger partial charge in [-0.15, -0.1) is 0 Å². The van der Waals surface area contributed by atoms with Gasteiger partial charge in [0.05, 0.1) is 32.5 Å². The number of rotatable bonds is 7. The zero-order valence-electron chi connectivity index (χ0n) is 18.8. The van der Waals surface area contributed by atoms with Gasteiger partial charge >= 0.3 is 0 Å². The van der Waals surface area contributed by atoms with Crippen molar-refractivity contribution >= 4 is 16.9 Å². The number of carbonyl (C=O) groups excluding carboxylic acids is 1. The third-order valence-electron chi connectivity index (χ3n) is 6.68. The molecule has 0 radical (unpaired) electrons. The van der Waals surface area contributed by atoms with Crippen LogP contribution in [0.2, 0.25) is 0 Å². The lowest BCUT2D eigenvalue weighted by atomic mass is 9.93. The van der Waals surface area contributed by atoms with Crippen LogP contribution in [0.5, 0.6) is 11.5 Å². The fourth-order valence-electron chi connectivity index (χ4n) is 4.84. The van der Waals surface area contributed by atoms with E-state index in [9.17, 15) is 4.79 Å². The zero-order chi connectivity index (χ0) is 22.1. The van der Waals surface area contributed by atoms with Crippen LogP contribution in [-0.2, 0) is 6.54 Å². The molecule has 0 spiro atoms. The van der Waals surface area contributed by atoms with Gasteiger partial charge in [0.1, 0.15) is 11.5 Å². The number of benzene rings is 1. The minimum Gasteiger partial charge on any atom is -0.497 e. The lowest BCUT2D eigenvalue weighted by Crippen LogP contribution is -2.43. The summed E-state index contributed by atoms with van der Waals surface area (Å²) in [6.45, 7) is 0.521. The molecule has 0 N–H and O–H groups in total. The van der Waals surface area contributed by atoms with Crippen molar-refractivity contribution in [3.8, 4) is 11.5 Å². The third kappa shape index (κ3) is 4.04. The Morgan fingerprint density at radius 2 is 1.81 bits per heavy atom. The van der Waals surface area contributed by atoms with Gasteiger partial charge < -0.3 is 14.4 Å². The Morgan fingerprint density at radius 3 is 2.53 bits per heavy atom. The molecule has 7 heteroatoms. The Hall–Kier alpha value is -3.09. The Labute approximate surface area is 188 Å². The number of fused-ring (bicyclic) bond motifs is 1. The molecule has 1 aromatic carbocycles. The van der Waals surface area contributed by atoms with Crippen LogP contribution in [0.4, 0.5) is 0 Å². The minimum atomic E-state index is 0.123. The first kappa shape index (κ1) is 20.8. The summed E-state index contributed by atoms with van der Waals surface area (Å²) in [5.41, 5.74) is 2.41. The largest absolute Gasteiger partial charge is 0.497 e. The molecule has 2 heterocycles. The maximum atomic E-state index is 13.4. The van der Waals surface area contributed by atoms with Crippen molar-refractivity contribution in [3.05, 3.63) is 47.8 Å². The fraction of sp³-hybridized carbons (Fsp3) is 0.480. The molecule has 0 bridgehead atoms. The first-order valence-electron chi connectivity index (χ1n) is 11.5. The lowest BCUT2D eigenvalue weighted by molar-refractivity contribution is 0.0614. The molecule has 2 aliphatic rings. The van der Waals surface area contributed by atoms with Crippen molar-refractivity contribution in [2.45, 2.75) is 63.6 Å². The van der Waals surface area contributed by atoms with E-state index in [2.05, 4.69) is 15.0 Å². The van der Waals surface area contributed by atoms with Gasteiger partial charge in [-0.25, -0.2) is 9.67 Å². The summed E-state index contributed by atoms with van der Waals surface area (Å²) in [7, 11) is 3.28. The van der Waals surface area contributed by atoms with Crippen LogP contribution in [-0.4, -0.2) is 51.9 Å². The first-order chi connectivity index (χ1) is 15.7. The minimum absolute atomic E-state index is 0.123. The van der Waals surface area contributed by atoms with Crippen molar-refractivity contribution < 1.29 is 14.3 Å². The summed E-state index contributed by atoms with van der Waals surface area (Å²) >= 11 is 0. The van der Waals surface area contributed by atoms with E-state index < -0.39 is 0 Å². The van der Waals surface area contributed by atoms with Crippen LogP contribution in [0, 0.1) is 0 Å². The number of hydrogen-bond donors (Lipinski definition) is 0. The van der Waals surface area contributed by atoms with Crippen LogP contribution in [0.1, 0.15) is 60.9 Å². The maximum absolute atomic E-state index is 13.4. The molecule has 0 atom stereocenters. The third-order valence-corrected chi connectivity index (χ3v) is 6.68. The van der Waals surface area contributed by atoms with Crippen molar-refractivity contribution in [3.63, 3.8) is 0 Å². The highest BCUT2D eigenvalue weighted by Crippen LogP contribution is 2.35. The summed E-state index contributed by atoms with van der Waals surface area (Å²) in [6, 6.07) is 8.48. The molecule has 32 heavy (non-hydrogen) atoms. The highest BCUT2D eigenvalue weighted by Gasteiger charge is 2.38. The molecular formula is C25H30N4O3. The van der Waals surface area contributed by atoms with E-state index in [1.165, 1.54) is 19.3 Å². The van der Waals surface area contributed by atoms with Crippen LogP contribution >= 0.6 is 0 Å². The Morgan fingerprint density at radius 1 is 1.03 bits per heavy atom. The molecule has 168 valence electrons. The second-order valence-electron chi connectivity index (χ2n) is 8.85. The molecule has 1 amide bonds. The highest BCUT2D eigenvalue weighted by molar-refractivity contribution is 5.97. The molecule has 3 aromatic rings. The van der Waals surface area contributed by atoms with E-state index in [0.717, 1.165) is 53.8 Å². The number of methoxy groups -OCH3 is 2. The molecular weight excluding hydrogens is 404 g/mol. The van der Waals surface area contributed by atoms with Crippen molar-refractivity contribution in [1.82, 2.24) is 19.7 Å². The van der Waals surface area contributed by atoms with Gasteiger partial charge in [0.2, 0.25) is 0 Å². The number of hydrogen-bond acceptors (Lipinski definition) is 5. The Bertz CT molecular complexity index is 1120. The summed E-state index contributed by atoms with van der Waals surface area (Å²) in [5, 5.41) is 5.41. The van der Waals surface area contributed by atoms with Gasteiger partial charge in [-0.1, -0.05) is 19.3 Å². The van der Waals surface area contributed by atoms with E-state index in [0.29, 0.717) is 24.2 Å². The van der Waals surface area contributed by atoms with Crippen LogP contribution in [0.3, 0.4) is 0 Å². The second-order valence-corrected chi connectivity index (χ2v) is 8.85. The number of ether oxygens (including phenoxy) is 2. The van der Waals surface area contributed by atoms with Gasteiger partial charge in [0.25, 0.3) is 5.91 Å². The summed E-state index contributed by atoms with van der Waals surface area (Å²) < 4.78 is 12.6. The van der Waals surface area contributed by atoms with Crippen molar-refractivity contribution in [1.29, 1.82) is 0 Å². The summed E-state index contributed by atoms with van der Waals surface area (Å²) in [6.07, 6.45) is 11.7. The molecule has 0 aliphatic heterocycles. The monoisotopic (exact) mass is 434 g/mol. The molecule has 0 saturated heterocycles. The average molecular weight is 435 g/mol. The van der Waals surface area contributed by atoms with E-state index in [1.807, 2.05) is 28.9 Å². The standard InChI is InChI=1S/C25H30N4O3/c1-31-22-11-8-17(23(13-22)32-2)16-28-24-18(15-27-28)12-19(14-26-24)25(30)29(21-9-10-21)20-6-4-3-5-7-20/h8,11-15,20-21H,3-7,9-10,16H2,1-2H3. The predicted octanol–water partition coefficient (Wildman–Crippen LogP) is 4.43. The van der Waals surface area contributed by atoms with Crippen molar-refractivity contribution in [2.75, 3.05) is 14.2 Å². The predicted molar refractivity (Wildman–Crippen MR) is 122 cm³/mol. The van der Waals surface area contributed by atoms with Crippen molar-refractivity contribution in [2.24, 2.45) is 0 Å². The summed E-state index contributed by atoms with van der Waals surface area (Å²) in [5.74, 6) is 1.61. The molecule has 2 fully saturated rings. The van der Waals surface area contributed by atoms with E-state index in [4.69, 9.17) is 9.47 Å². The first-order valence-corrected chi connectivity index (χ1v) is 11.5. The number of amides is 1. The topological polar surface area (TPSA) is 69.5 Å². The van der Waals surface area contributed by atoms with Gasteiger partial charge in [-0.2, -0.15) is 5.10 Å². The van der Waals surface area contributed by atoms with Crippen LogP contribution < -0.4 is 9.47 Å². The van der Waals surface area contributed by atoms with Gasteiger partial charge in [-0.05, 0) is 43.9 Å². The smallest absolute Gasteiger partial charge is 0.255 e. The zero-order valence-corrected chi connectivity index (χ0v) is 18.8. The molecule has 2 saturated carbocycles. The molecule has 7 nitrogen and oxygen atoms in total. The lowest BCUT2D eigenvalue weighted by Gasteiger charge is -2.34. The number of pyridine rings is 1. The molecule has 2 aromatic heterocycles. The molecule has 0 unspecified atom stereocenters. The van der Waals surface area contributed by atoms with Gasteiger partial charge in [0.15, 0.2) is 5.65 Å². The number of nitrogens with zero attached hydrogens (tertiary/aromatic N) is 4. The van der Waals surface area contributed by atoms with Gasteiger partial charge in [-0.3, -0.25) is 4.79 Å². The highest BCUT2D eigenvalue weighted by atomic mass is 16.5. The summed E-state index contributed by atoms with van der Waals surface area (Å²) in [4.78, 5) is 20.2. The number of aromatic nitrogens is 3. The normalized spacial score (nSPS) is 16.8. The van der Waals surface area contributed by atoms with E-state index in [-0.39, 0.29) is 5.91 Å². The Kier molecular flexibility index (Phi) is 5.72. The van der Waals surface area contributed by atoms with E-state index >= 15 is 0 Å². The fourth-order valence-corrected chi connectivity index (χ4v) is 4.84. The molecule has 2 aliphatic carbocycles. The second kappa shape index (κ2) is 8.81. The number of carbonyl (C=O) groups is 1. The maximum Gasteiger partial charge on any atom is 0.255 e. The SMILES string of the molecule is COc1ccc(Cn2ncc3cc(C(=O)N(C4CCCCC4)C4CC4)cnc32)c(OC)c1. The van der Waals surface area contributed by atoms with Gasteiger partial charge in [0, 0.05) is 35.3 Å². The van der Waals surface area contributed by atoms with E-state index in [1.54, 1.807) is 26.6 Å².